The maximum atomic E-state index is 14.2. The number of nitriles is 1. The number of aromatic nitrogens is 3. The van der Waals surface area contributed by atoms with Gasteiger partial charge in [-0.3, -0.25) is 4.40 Å². The minimum absolute atomic E-state index is 0.0103. The van der Waals surface area contributed by atoms with Gasteiger partial charge in [0, 0.05) is 37.1 Å². The number of anilines is 1. The van der Waals surface area contributed by atoms with Gasteiger partial charge in [0.1, 0.15) is 27.8 Å². The molecule has 1 fully saturated rings. The Hall–Kier alpha value is -3.19. The molecule has 0 atom stereocenters. The lowest BCUT2D eigenvalue weighted by atomic mass is 10.1. The normalized spacial score (nSPS) is 14.8. The van der Waals surface area contributed by atoms with Gasteiger partial charge in [-0.2, -0.15) is 5.26 Å². The van der Waals surface area contributed by atoms with Crippen molar-refractivity contribution in [2.45, 2.75) is 45.3 Å². The lowest BCUT2D eigenvalue weighted by Crippen LogP contribution is -2.46. The number of fused-ring (bicyclic) bond motifs is 1. The van der Waals surface area contributed by atoms with Crippen LogP contribution in [-0.2, 0) is 4.74 Å². The fraction of sp³-hybridized carbons (Fsp3) is 0.391. The van der Waals surface area contributed by atoms with Gasteiger partial charge in [0.15, 0.2) is 11.5 Å². The molecule has 172 valence electrons. The van der Waals surface area contributed by atoms with Crippen LogP contribution in [0, 0.1) is 17.1 Å². The average Bonchev–Trinajstić information content (AvgIpc) is 3.10. The van der Waals surface area contributed by atoms with E-state index in [9.17, 15) is 9.18 Å². The molecule has 0 saturated carbocycles. The molecule has 0 unspecified atom stereocenters. The van der Waals surface area contributed by atoms with Crippen molar-refractivity contribution in [1.29, 1.82) is 5.26 Å². The van der Waals surface area contributed by atoms with Crippen LogP contribution < -0.4 is 10.2 Å². The number of benzene rings is 1. The molecule has 1 amide bonds. The molecule has 33 heavy (non-hydrogen) atoms. The number of carbonyl (C=O) groups is 1. The van der Waals surface area contributed by atoms with E-state index in [1.807, 2.05) is 31.2 Å². The first-order valence-electron chi connectivity index (χ1n) is 10.6. The summed E-state index contributed by atoms with van der Waals surface area (Å²) in [5.41, 5.74) is 1.22. The summed E-state index contributed by atoms with van der Waals surface area (Å²) >= 11 is 3.57. The molecule has 2 aromatic heterocycles. The van der Waals surface area contributed by atoms with Gasteiger partial charge < -0.3 is 15.0 Å². The molecule has 1 N–H and O–H groups in total. The smallest absolute Gasteiger partial charge is 0.407 e. The maximum absolute atomic E-state index is 14.2. The number of piperidine rings is 1. The number of alkyl carbamates (subject to hydrolysis) is 1. The van der Waals surface area contributed by atoms with Gasteiger partial charge in [-0.05, 0) is 61.7 Å². The van der Waals surface area contributed by atoms with Crippen molar-refractivity contribution in [3.05, 3.63) is 46.6 Å². The number of rotatable bonds is 3. The Bertz CT molecular complexity index is 1240. The predicted molar refractivity (Wildman–Crippen MR) is 125 cm³/mol. The second-order valence-corrected chi connectivity index (χ2v) is 9.66. The quantitative estimate of drug-likeness (QED) is 0.545. The van der Waals surface area contributed by atoms with Crippen LogP contribution in [0.5, 0.6) is 0 Å². The van der Waals surface area contributed by atoms with E-state index in [1.165, 1.54) is 12.1 Å². The number of hydrogen-bond donors (Lipinski definition) is 1. The number of imidazole rings is 1. The molecule has 0 radical (unpaired) electrons. The largest absolute Gasteiger partial charge is 0.444 e. The number of hydrogen-bond acceptors (Lipinski definition) is 6. The fourth-order valence-electron chi connectivity index (χ4n) is 3.80. The van der Waals surface area contributed by atoms with Crippen LogP contribution in [0.1, 0.15) is 39.2 Å². The Labute approximate surface area is 199 Å². The second kappa shape index (κ2) is 8.98. The lowest BCUT2D eigenvalue weighted by molar-refractivity contribution is 0.0497. The molecule has 0 aliphatic carbocycles. The van der Waals surface area contributed by atoms with E-state index in [4.69, 9.17) is 15.0 Å². The zero-order valence-electron chi connectivity index (χ0n) is 18.6. The van der Waals surface area contributed by atoms with E-state index >= 15 is 0 Å². The van der Waals surface area contributed by atoms with Gasteiger partial charge >= 0.3 is 6.09 Å². The highest BCUT2D eigenvalue weighted by atomic mass is 79.9. The summed E-state index contributed by atoms with van der Waals surface area (Å²) in [5.74, 6) is 0.131. The molecule has 10 heteroatoms. The lowest BCUT2D eigenvalue weighted by Gasteiger charge is -2.33. The molecule has 1 saturated heterocycles. The number of carbonyl (C=O) groups excluding carboxylic acids is 1. The maximum Gasteiger partial charge on any atom is 0.407 e. The highest BCUT2D eigenvalue weighted by molar-refractivity contribution is 9.10. The first kappa shape index (κ1) is 23.0. The standard InChI is InChI=1S/C23H24BrFN6O2/c1-23(2,3)33-22(32)28-16-6-9-30(10-7-16)20-21-29-18(19(24)31(21)11-8-27-20)14-4-5-15(13-26)17(25)12-14/h4-5,8,11-12,16H,6-7,9-10H2,1-3H3,(H,28,32). The molecule has 3 heterocycles. The monoisotopic (exact) mass is 514 g/mol. The molecular weight excluding hydrogens is 491 g/mol. The van der Waals surface area contributed by atoms with Crippen LogP contribution in [-0.4, -0.2) is 45.2 Å². The molecule has 3 aromatic rings. The van der Waals surface area contributed by atoms with Crippen LogP contribution in [0.4, 0.5) is 15.0 Å². The first-order chi connectivity index (χ1) is 15.7. The van der Waals surface area contributed by atoms with Crippen molar-refractivity contribution in [3.63, 3.8) is 0 Å². The van der Waals surface area contributed by atoms with Crippen molar-refractivity contribution in [3.8, 4) is 17.3 Å². The van der Waals surface area contributed by atoms with Crippen LogP contribution in [0.15, 0.2) is 35.2 Å². The van der Waals surface area contributed by atoms with Crippen LogP contribution >= 0.6 is 15.9 Å². The minimum Gasteiger partial charge on any atom is -0.444 e. The third kappa shape index (κ3) is 4.93. The predicted octanol–water partition coefficient (Wildman–Crippen LogP) is 4.66. The number of nitrogens with zero attached hydrogens (tertiary/aromatic N) is 5. The highest BCUT2D eigenvalue weighted by Gasteiger charge is 2.26. The van der Waals surface area contributed by atoms with Gasteiger partial charge in [-0.1, -0.05) is 6.07 Å². The molecule has 8 nitrogen and oxygen atoms in total. The van der Waals surface area contributed by atoms with Crippen LogP contribution in [0.2, 0.25) is 0 Å². The van der Waals surface area contributed by atoms with Gasteiger partial charge in [-0.25, -0.2) is 19.2 Å². The van der Waals surface area contributed by atoms with E-state index in [-0.39, 0.29) is 11.6 Å². The highest BCUT2D eigenvalue weighted by Crippen LogP contribution is 2.33. The second-order valence-electron chi connectivity index (χ2n) is 8.91. The molecule has 0 bridgehead atoms. The first-order valence-corrected chi connectivity index (χ1v) is 11.4. The third-order valence-electron chi connectivity index (χ3n) is 5.34. The zero-order chi connectivity index (χ0) is 23.8. The summed E-state index contributed by atoms with van der Waals surface area (Å²) in [5, 5.41) is 11.9. The number of nitrogens with one attached hydrogen (secondary N) is 1. The molecular formula is C23H24BrFN6O2. The third-order valence-corrected chi connectivity index (χ3v) is 6.10. The van der Waals surface area contributed by atoms with E-state index in [1.54, 1.807) is 18.5 Å². The Morgan fingerprint density at radius 1 is 1.33 bits per heavy atom. The van der Waals surface area contributed by atoms with Crippen molar-refractivity contribution in [2.24, 2.45) is 0 Å². The van der Waals surface area contributed by atoms with Gasteiger partial charge in [0.05, 0.1) is 5.56 Å². The van der Waals surface area contributed by atoms with Crippen molar-refractivity contribution < 1.29 is 13.9 Å². The van der Waals surface area contributed by atoms with Crippen molar-refractivity contribution >= 4 is 33.5 Å². The fourth-order valence-corrected chi connectivity index (χ4v) is 4.41. The molecule has 4 rings (SSSR count). The average molecular weight is 515 g/mol. The number of halogens is 2. The number of amides is 1. The zero-order valence-corrected chi connectivity index (χ0v) is 20.2. The summed E-state index contributed by atoms with van der Waals surface area (Å²) in [7, 11) is 0. The topological polar surface area (TPSA) is 95.5 Å². The summed E-state index contributed by atoms with van der Waals surface area (Å²) < 4.78 is 22.1. The molecule has 1 aliphatic heterocycles. The SMILES string of the molecule is CC(C)(C)OC(=O)NC1CCN(c2nccn3c(Br)c(-c4ccc(C#N)c(F)c4)nc23)CC1. The van der Waals surface area contributed by atoms with Crippen molar-refractivity contribution in [2.75, 3.05) is 18.0 Å². The van der Waals surface area contributed by atoms with Gasteiger partial charge in [-0.15, -0.1) is 0 Å². The van der Waals surface area contributed by atoms with E-state index in [2.05, 4.69) is 31.1 Å². The van der Waals surface area contributed by atoms with Crippen LogP contribution in [0.3, 0.4) is 0 Å². The van der Waals surface area contributed by atoms with E-state index < -0.39 is 17.5 Å². The Morgan fingerprint density at radius 2 is 2.06 bits per heavy atom. The Balaban J connectivity index is 1.54. The van der Waals surface area contributed by atoms with E-state index in [0.29, 0.717) is 40.4 Å². The molecule has 1 aromatic carbocycles. The summed E-state index contributed by atoms with van der Waals surface area (Å²) in [6.45, 7) is 6.90. The minimum atomic E-state index is -0.586. The summed E-state index contributed by atoms with van der Waals surface area (Å²) in [4.78, 5) is 23.5. The number of ether oxygens (including phenoxy) is 1. The summed E-state index contributed by atoms with van der Waals surface area (Å²) in [6.07, 6.45) is 4.58. The molecule has 0 spiro atoms. The van der Waals surface area contributed by atoms with E-state index in [0.717, 1.165) is 12.8 Å². The summed E-state index contributed by atoms with van der Waals surface area (Å²) in [6, 6.07) is 6.29. The van der Waals surface area contributed by atoms with Crippen molar-refractivity contribution in [1.82, 2.24) is 19.7 Å². The van der Waals surface area contributed by atoms with Crippen LogP contribution in [0.25, 0.3) is 16.9 Å². The Kier molecular flexibility index (Phi) is 6.26. The Morgan fingerprint density at radius 3 is 2.70 bits per heavy atom. The van der Waals surface area contributed by atoms with Gasteiger partial charge in [0.2, 0.25) is 0 Å². The van der Waals surface area contributed by atoms with Gasteiger partial charge in [0.25, 0.3) is 0 Å². The molecule has 1 aliphatic rings.